The predicted octanol–water partition coefficient (Wildman–Crippen LogP) is 3.45. The topological polar surface area (TPSA) is 90.6 Å². The number of nitrogens with zero attached hydrogens (tertiary/aromatic N) is 4. The lowest BCUT2D eigenvalue weighted by Crippen LogP contribution is -2.41. The highest BCUT2D eigenvalue weighted by atomic mass is 16.6. The number of hydrogen-bond acceptors (Lipinski definition) is 7. The number of carbonyl (C=O) groups excluding carboxylic acids is 1. The molecule has 1 saturated heterocycles. The Hall–Kier alpha value is -3.26. The minimum Gasteiger partial charge on any atom is -0.445 e. The van der Waals surface area contributed by atoms with Crippen molar-refractivity contribution in [3.8, 4) is 11.4 Å². The van der Waals surface area contributed by atoms with Crippen LogP contribution in [-0.2, 0) is 22.7 Å². The van der Waals surface area contributed by atoms with Crippen molar-refractivity contribution in [1.29, 1.82) is 0 Å². The van der Waals surface area contributed by atoms with E-state index in [1.807, 2.05) is 42.5 Å². The summed E-state index contributed by atoms with van der Waals surface area (Å²) >= 11 is 0. The fourth-order valence-electron chi connectivity index (χ4n) is 3.14. The molecule has 0 unspecified atom stereocenters. The van der Waals surface area contributed by atoms with Crippen molar-refractivity contribution in [3.05, 3.63) is 66.3 Å². The summed E-state index contributed by atoms with van der Waals surface area (Å²) in [6.45, 7) is 1.74. The smallest absolute Gasteiger partial charge is 0.410 e. The molecule has 0 N–H and O–H groups in total. The first-order valence-corrected chi connectivity index (χ1v) is 9.58. The van der Waals surface area contributed by atoms with Gasteiger partial charge in [-0.2, -0.15) is 4.98 Å². The van der Waals surface area contributed by atoms with E-state index in [2.05, 4.69) is 15.1 Å². The first-order valence-electron chi connectivity index (χ1n) is 9.58. The number of piperidine rings is 1. The van der Waals surface area contributed by atoms with Crippen molar-refractivity contribution >= 4 is 6.09 Å². The number of aromatic nitrogens is 3. The van der Waals surface area contributed by atoms with Crippen molar-refractivity contribution in [2.45, 2.75) is 32.2 Å². The summed E-state index contributed by atoms with van der Waals surface area (Å²) in [7, 11) is 0. The summed E-state index contributed by atoms with van der Waals surface area (Å²) in [5.41, 5.74) is 1.82. The van der Waals surface area contributed by atoms with E-state index in [1.165, 1.54) is 0 Å². The second kappa shape index (κ2) is 9.29. The van der Waals surface area contributed by atoms with Crippen molar-refractivity contribution in [1.82, 2.24) is 20.0 Å². The van der Waals surface area contributed by atoms with Gasteiger partial charge in [-0.05, 0) is 30.5 Å². The number of amides is 1. The van der Waals surface area contributed by atoms with Gasteiger partial charge in [-0.25, -0.2) is 4.79 Å². The van der Waals surface area contributed by atoms with Gasteiger partial charge in [0.15, 0.2) is 0 Å². The number of ether oxygens (including phenoxy) is 2. The monoisotopic (exact) mass is 394 g/mol. The second-order valence-corrected chi connectivity index (χ2v) is 6.79. The molecule has 29 heavy (non-hydrogen) atoms. The number of carbonyl (C=O) groups is 1. The normalized spacial score (nSPS) is 14.7. The zero-order valence-corrected chi connectivity index (χ0v) is 15.9. The highest BCUT2D eigenvalue weighted by Gasteiger charge is 2.24. The third kappa shape index (κ3) is 5.17. The minimum atomic E-state index is -0.286. The average Bonchev–Trinajstić information content (AvgIpc) is 3.27. The van der Waals surface area contributed by atoms with Crippen LogP contribution >= 0.6 is 0 Å². The highest BCUT2D eigenvalue weighted by Crippen LogP contribution is 2.18. The molecule has 4 rings (SSSR count). The van der Waals surface area contributed by atoms with Crippen molar-refractivity contribution in [2.75, 3.05) is 13.1 Å². The van der Waals surface area contributed by atoms with Gasteiger partial charge >= 0.3 is 6.09 Å². The lowest BCUT2D eigenvalue weighted by molar-refractivity contribution is -0.0130. The number of hydrogen-bond donors (Lipinski definition) is 0. The highest BCUT2D eigenvalue weighted by molar-refractivity contribution is 5.67. The van der Waals surface area contributed by atoms with E-state index in [0.29, 0.717) is 24.8 Å². The largest absolute Gasteiger partial charge is 0.445 e. The molecule has 1 aliphatic rings. The average molecular weight is 394 g/mol. The summed E-state index contributed by atoms with van der Waals surface area (Å²) in [5.74, 6) is 0.948. The van der Waals surface area contributed by atoms with Gasteiger partial charge in [-0.3, -0.25) is 4.98 Å². The molecular formula is C21H22N4O4. The zero-order valence-electron chi connectivity index (χ0n) is 15.9. The molecule has 0 bridgehead atoms. The van der Waals surface area contributed by atoms with E-state index in [0.717, 1.165) is 24.0 Å². The van der Waals surface area contributed by atoms with Crippen LogP contribution in [0.5, 0.6) is 0 Å². The van der Waals surface area contributed by atoms with Gasteiger partial charge in [0.2, 0.25) is 5.82 Å². The molecule has 0 saturated carbocycles. The van der Waals surface area contributed by atoms with Crippen LogP contribution < -0.4 is 0 Å². The molecule has 0 atom stereocenters. The Labute approximate surface area is 168 Å². The van der Waals surface area contributed by atoms with Gasteiger partial charge in [0.25, 0.3) is 5.89 Å². The van der Waals surface area contributed by atoms with Crippen LogP contribution in [0.25, 0.3) is 11.4 Å². The van der Waals surface area contributed by atoms with E-state index in [1.54, 1.807) is 17.3 Å². The Morgan fingerprint density at radius 1 is 1.07 bits per heavy atom. The Bertz CT molecular complexity index is 909. The Kier molecular flexibility index (Phi) is 6.11. The van der Waals surface area contributed by atoms with E-state index in [-0.39, 0.29) is 25.4 Å². The molecule has 3 heterocycles. The third-order valence-electron chi connectivity index (χ3n) is 4.75. The molecule has 3 aromatic rings. The van der Waals surface area contributed by atoms with Gasteiger partial charge in [0.1, 0.15) is 13.2 Å². The minimum absolute atomic E-state index is 0.0458. The Balaban J connectivity index is 1.19. The predicted molar refractivity (Wildman–Crippen MR) is 104 cm³/mol. The fraction of sp³-hybridized carbons (Fsp3) is 0.333. The van der Waals surface area contributed by atoms with Crippen LogP contribution in [0, 0.1) is 0 Å². The fourth-order valence-corrected chi connectivity index (χ4v) is 3.14. The zero-order chi connectivity index (χ0) is 19.9. The van der Waals surface area contributed by atoms with Gasteiger partial charge in [-0.1, -0.05) is 35.5 Å². The quantitative estimate of drug-likeness (QED) is 0.632. The SMILES string of the molecule is O=C(OCc1ccccc1)N1CCC(OCc2nc(-c3ccncc3)no2)CC1. The summed E-state index contributed by atoms with van der Waals surface area (Å²) < 4.78 is 16.5. The Morgan fingerprint density at radius 2 is 1.83 bits per heavy atom. The molecule has 1 fully saturated rings. The van der Waals surface area contributed by atoms with Crippen LogP contribution in [0.1, 0.15) is 24.3 Å². The lowest BCUT2D eigenvalue weighted by Gasteiger charge is -2.30. The Morgan fingerprint density at radius 3 is 2.59 bits per heavy atom. The molecule has 1 aliphatic heterocycles. The first-order chi connectivity index (χ1) is 14.3. The van der Waals surface area contributed by atoms with Crippen LogP contribution in [-0.4, -0.2) is 45.3 Å². The summed E-state index contributed by atoms with van der Waals surface area (Å²) in [4.78, 5) is 22.3. The van der Waals surface area contributed by atoms with Gasteiger partial charge < -0.3 is 18.9 Å². The van der Waals surface area contributed by atoms with E-state index < -0.39 is 0 Å². The standard InChI is InChI=1S/C21H22N4O4/c26-21(28-14-16-4-2-1-3-5-16)25-12-8-18(9-13-25)27-15-19-23-20(24-29-19)17-6-10-22-11-7-17/h1-7,10-11,18H,8-9,12-15H2. The molecule has 8 heteroatoms. The number of benzene rings is 1. The molecule has 1 amide bonds. The summed E-state index contributed by atoms with van der Waals surface area (Å²) in [5, 5.41) is 3.97. The third-order valence-corrected chi connectivity index (χ3v) is 4.75. The van der Waals surface area contributed by atoms with Crippen molar-refractivity contribution in [3.63, 3.8) is 0 Å². The van der Waals surface area contributed by atoms with Crippen molar-refractivity contribution in [2.24, 2.45) is 0 Å². The molecule has 1 aromatic carbocycles. The van der Waals surface area contributed by atoms with Gasteiger partial charge in [0.05, 0.1) is 6.10 Å². The molecule has 0 aliphatic carbocycles. The lowest BCUT2D eigenvalue weighted by atomic mass is 10.1. The molecular weight excluding hydrogens is 372 g/mol. The van der Waals surface area contributed by atoms with Gasteiger partial charge in [0, 0.05) is 31.0 Å². The van der Waals surface area contributed by atoms with Gasteiger partial charge in [-0.15, -0.1) is 0 Å². The van der Waals surface area contributed by atoms with Crippen LogP contribution in [0.2, 0.25) is 0 Å². The van der Waals surface area contributed by atoms with Crippen LogP contribution in [0.15, 0.2) is 59.4 Å². The first kappa shape index (κ1) is 19.1. The summed E-state index contributed by atoms with van der Waals surface area (Å²) in [6.07, 6.45) is 4.61. The molecule has 2 aromatic heterocycles. The van der Waals surface area contributed by atoms with E-state index >= 15 is 0 Å². The number of likely N-dealkylation sites (tertiary alicyclic amines) is 1. The number of rotatable bonds is 6. The molecule has 0 spiro atoms. The maximum atomic E-state index is 12.2. The second-order valence-electron chi connectivity index (χ2n) is 6.79. The number of pyridine rings is 1. The van der Waals surface area contributed by atoms with E-state index in [9.17, 15) is 4.79 Å². The maximum absolute atomic E-state index is 12.2. The van der Waals surface area contributed by atoms with Crippen LogP contribution in [0.3, 0.4) is 0 Å². The van der Waals surface area contributed by atoms with Crippen molar-refractivity contribution < 1.29 is 18.8 Å². The molecule has 0 radical (unpaired) electrons. The maximum Gasteiger partial charge on any atom is 0.410 e. The van der Waals surface area contributed by atoms with E-state index in [4.69, 9.17) is 14.0 Å². The van der Waals surface area contributed by atoms with Crippen LogP contribution in [0.4, 0.5) is 4.79 Å². The molecule has 8 nitrogen and oxygen atoms in total. The summed E-state index contributed by atoms with van der Waals surface area (Å²) in [6, 6.07) is 13.3. The molecule has 150 valence electrons.